The zero-order chi connectivity index (χ0) is 14.3. The van der Waals surface area contributed by atoms with E-state index in [4.69, 9.17) is 0 Å². The van der Waals surface area contributed by atoms with E-state index in [2.05, 4.69) is 15.6 Å². The Morgan fingerprint density at radius 2 is 2.15 bits per heavy atom. The van der Waals surface area contributed by atoms with Crippen LogP contribution in [0.5, 0.6) is 0 Å². The van der Waals surface area contributed by atoms with Gasteiger partial charge in [0.05, 0.1) is 5.69 Å². The lowest BCUT2D eigenvalue weighted by atomic mass is 10.1. The highest BCUT2D eigenvalue weighted by molar-refractivity contribution is 6.04. The lowest BCUT2D eigenvalue weighted by molar-refractivity contribution is -0.127. The molecule has 1 aromatic heterocycles. The van der Waals surface area contributed by atoms with Gasteiger partial charge in [-0.3, -0.25) is 9.69 Å². The Labute approximate surface area is 117 Å². The molecule has 2 aliphatic rings. The SMILES string of the molecule is CC(C)n1cc(CC2NC(=O)N(CC3CC3)C2=O)nn1. The summed E-state index contributed by atoms with van der Waals surface area (Å²) in [5.41, 5.74) is 0.727. The lowest BCUT2D eigenvalue weighted by Gasteiger charge is -2.11. The topological polar surface area (TPSA) is 80.1 Å². The summed E-state index contributed by atoms with van der Waals surface area (Å²) in [6.45, 7) is 4.58. The largest absolute Gasteiger partial charge is 0.325 e. The van der Waals surface area contributed by atoms with Crippen LogP contribution in [0.2, 0.25) is 0 Å². The fourth-order valence-electron chi connectivity index (χ4n) is 2.32. The molecule has 20 heavy (non-hydrogen) atoms. The van der Waals surface area contributed by atoms with Gasteiger partial charge in [0, 0.05) is 25.2 Å². The van der Waals surface area contributed by atoms with E-state index in [1.165, 1.54) is 4.90 Å². The molecule has 0 radical (unpaired) electrons. The molecule has 0 aromatic carbocycles. The predicted octanol–water partition coefficient (Wildman–Crippen LogP) is 0.732. The summed E-state index contributed by atoms with van der Waals surface area (Å²) in [6, 6.07) is -0.543. The van der Waals surface area contributed by atoms with E-state index in [0.29, 0.717) is 18.9 Å². The maximum absolute atomic E-state index is 12.2. The van der Waals surface area contributed by atoms with Crippen LogP contribution in [0, 0.1) is 5.92 Å². The fourth-order valence-corrected chi connectivity index (χ4v) is 2.32. The third-order valence-electron chi connectivity index (χ3n) is 3.74. The highest BCUT2D eigenvalue weighted by Crippen LogP contribution is 2.30. The summed E-state index contributed by atoms with van der Waals surface area (Å²) < 4.78 is 1.75. The molecule has 108 valence electrons. The Kier molecular flexibility index (Phi) is 3.19. The van der Waals surface area contributed by atoms with E-state index in [0.717, 1.165) is 18.5 Å². The highest BCUT2D eigenvalue weighted by atomic mass is 16.2. The van der Waals surface area contributed by atoms with Gasteiger partial charge < -0.3 is 5.32 Å². The Morgan fingerprint density at radius 3 is 2.75 bits per heavy atom. The standard InChI is InChI=1S/C13H19N5O2/c1-8(2)18-7-10(15-16-18)5-11-12(19)17(13(20)14-11)6-9-3-4-9/h7-9,11H,3-6H2,1-2H3,(H,14,20). The maximum atomic E-state index is 12.2. The third-order valence-corrected chi connectivity index (χ3v) is 3.74. The van der Waals surface area contributed by atoms with Gasteiger partial charge in [-0.15, -0.1) is 5.10 Å². The van der Waals surface area contributed by atoms with Crippen molar-refractivity contribution in [2.45, 2.75) is 45.2 Å². The van der Waals surface area contributed by atoms with Crippen molar-refractivity contribution in [1.29, 1.82) is 0 Å². The smallest absolute Gasteiger partial charge is 0.324 e. The number of amides is 3. The van der Waals surface area contributed by atoms with Crippen LogP contribution in [-0.2, 0) is 11.2 Å². The van der Waals surface area contributed by atoms with Crippen LogP contribution in [-0.4, -0.2) is 44.4 Å². The fraction of sp³-hybridized carbons (Fsp3) is 0.692. The number of aromatic nitrogens is 3. The van der Waals surface area contributed by atoms with Gasteiger partial charge in [0.15, 0.2) is 0 Å². The molecule has 7 heteroatoms. The first-order valence-electron chi connectivity index (χ1n) is 7.07. The van der Waals surface area contributed by atoms with Gasteiger partial charge in [-0.05, 0) is 32.6 Å². The molecule has 1 aromatic rings. The van der Waals surface area contributed by atoms with E-state index in [9.17, 15) is 9.59 Å². The first-order valence-corrected chi connectivity index (χ1v) is 7.07. The minimum Gasteiger partial charge on any atom is -0.325 e. The predicted molar refractivity (Wildman–Crippen MR) is 70.9 cm³/mol. The van der Waals surface area contributed by atoms with Crippen LogP contribution in [0.1, 0.15) is 38.4 Å². The van der Waals surface area contributed by atoms with Crippen molar-refractivity contribution < 1.29 is 9.59 Å². The molecule has 2 heterocycles. The minimum absolute atomic E-state index is 0.138. The van der Waals surface area contributed by atoms with Gasteiger partial charge in [0.25, 0.3) is 5.91 Å². The van der Waals surface area contributed by atoms with Gasteiger partial charge >= 0.3 is 6.03 Å². The first-order chi connectivity index (χ1) is 9.54. The van der Waals surface area contributed by atoms with Crippen molar-refractivity contribution >= 4 is 11.9 Å². The second-order valence-corrected chi connectivity index (χ2v) is 5.88. The molecule has 7 nitrogen and oxygen atoms in total. The number of nitrogens with zero attached hydrogens (tertiary/aromatic N) is 4. The number of nitrogens with one attached hydrogen (secondary N) is 1. The second kappa shape index (κ2) is 4.88. The van der Waals surface area contributed by atoms with Crippen LogP contribution >= 0.6 is 0 Å². The minimum atomic E-state index is -0.501. The lowest BCUT2D eigenvalue weighted by Crippen LogP contribution is -2.33. The summed E-state index contributed by atoms with van der Waals surface area (Å²) in [7, 11) is 0. The molecule has 0 bridgehead atoms. The summed E-state index contributed by atoms with van der Waals surface area (Å²) in [5, 5.41) is 10.8. The van der Waals surface area contributed by atoms with Crippen LogP contribution < -0.4 is 5.32 Å². The molecular formula is C13H19N5O2. The molecule has 0 spiro atoms. The number of carbonyl (C=O) groups is 2. The molecule has 3 amide bonds. The molecule has 1 N–H and O–H groups in total. The van der Waals surface area contributed by atoms with Crippen molar-refractivity contribution in [2.75, 3.05) is 6.54 Å². The third kappa shape index (κ3) is 2.52. The van der Waals surface area contributed by atoms with E-state index >= 15 is 0 Å². The zero-order valence-corrected chi connectivity index (χ0v) is 11.7. The van der Waals surface area contributed by atoms with Crippen molar-refractivity contribution in [3.05, 3.63) is 11.9 Å². The molecule has 1 aliphatic heterocycles. The van der Waals surface area contributed by atoms with Crippen LogP contribution in [0.3, 0.4) is 0 Å². The van der Waals surface area contributed by atoms with Crippen molar-refractivity contribution in [3.8, 4) is 0 Å². The molecular weight excluding hydrogens is 258 g/mol. The monoisotopic (exact) mass is 277 g/mol. The van der Waals surface area contributed by atoms with Crippen molar-refractivity contribution in [1.82, 2.24) is 25.2 Å². The summed E-state index contributed by atoms with van der Waals surface area (Å²) in [4.78, 5) is 25.4. The molecule has 3 rings (SSSR count). The van der Waals surface area contributed by atoms with Crippen molar-refractivity contribution in [2.24, 2.45) is 5.92 Å². The number of rotatable bonds is 5. The Morgan fingerprint density at radius 1 is 1.40 bits per heavy atom. The molecule has 1 atom stereocenters. The van der Waals surface area contributed by atoms with Gasteiger partial charge in [0.1, 0.15) is 6.04 Å². The maximum Gasteiger partial charge on any atom is 0.324 e. The molecule has 1 unspecified atom stereocenters. The molecule has 2 fully saturated rings. The normalized spacial score (nSPS) is 22.8. The second-order valence-electron chi connectivity index (χ2n) is 5.88. The van der Waals surface area contributed by atoms with Gasteiger partial charge in [-0.2, -0.15) is 0 Å². The Hall–Kier alpha value is -1.92. The number of urea groups is 1. The molecule has 1 saturated heterocycles. The van der Waals surface area contributed by atoms with Crippen LogP contribution in [0.25, 0.3) is 0 Å². The number of carbonyl (C=O) groups excluding carboxylic acids is 2. The van der Waals surface area contributed by atoms with E-state index in [-0.39, 0.29) is 18.0 Å². The number of hydrogen-bond donors (Lipinski definition) is 1. The van der Waals surface area contributed by atoms with E-state index in [1.807, 2.05) is 20.0 Å². The Balaban J connectivity index is 1.65. The molecule has 1 aliphatic carbocycles. The zero-order valence-electron chi connectivity index (χ0n) is 11.7. The average Bonchev–Trinajstić information content (AvgIpc) is 3.03. The molecule has 1 saturated carbocycles. The average molecular weight is 277 g/mol. The van der Waals surface area contributed by atoms with Crippen LogP contribution in [0.15, 0.2) is 6.20 Å². The van der Waals surface area contributed by atoms with E-state index < -0.39 is 6.04 Å². The van der Waals surface area contributed by atoms with Crippen LogP contribution in [0.4, 0.5) is 4.79 Å². The summed E-state index contributed by atoms with van der Waals surface area (Å²) in [5.74, 6) is 0.367. The van der Waals surface area contributed by atoms with E-state index in [1.54, 1.807) is 4.68 Å². The highest BCUT2D eigenvalue weighted by Gasteiger charge is 2.40. The van der Waals surface area contributed by atoms with Gasteiger partial charge in [0.2, 0.25) is 0 Å². The summed E-state index contributed by atoms with van der Waals surface area (Å²) >= 11 is 0. The summed E-state index contributed by atoms with van der Waals surface area (Å²) in [6.07, 6.45) is 4.46. The number of imide groups is 1. The van der Waals surface area contributed by atoms with Crippen molar-refractivity contribution in [3.63, 3.8) is 0 Å². The van der Waals surface area contributed by atoms with Gasteiger partial charge in [-0.25, -0.2) is 9.48 Å². The number of hydrogen-bond acceptors (Lipinski definition) is 4. The first kappa shape index (κ1) is 13.1. The Bertz CT molecular complexity index is 535. The quantitative estimate of drug-likeness (QED) is 0.805. The van der Waals surface area contributed by atoms with Gasteiger partial charge in [-0.1, -0.05) is 5.21 Å².